The van der Waals surface area contributed by atoms with Crippen molar-refractivity contribution in [2.45, 2.75) is 39.3 Å². The van der Waals surface area contributed by atoms with E-state index in [9.17, 15) is 24.5 Å². The minimum atomic E-state index is -1.09. The number of amides is 1. The molecule has 9 heteroatoms. The molecule has 1 rings (SSSR count). The molecule has 1 heterocycles. The maximum atomic E-state index is 11.7. The number of aromatic nitrogens is 2. The smallest absolute Gasteiger partial charge is 0.350 e. The number of hydrogen-bond donors (Lipinski definition) is 2. The lowest BCUT2D eigenvalue weighted by Gasteiger charge is -2.13. The van der Waals surface area contributed by atoms with Gasteiger partial charge in [-0.25, -0.2) is 4.79 Å². The van der Waals surface area contributed by atoms with Gasteiger partial charge in [-0.1, -0.05) is 13.3 Å². The summed E-state index contributed by atoms with van der Waals surface area (Å²) in [6, 6.07) is -0.0547. The van der Waals surface area contributed by atoms with Gasteiger partial charge in [-0.05, 0) is 13.3 Å². The van der Waals surface area contributed by atoms with Gasteiger partial charge in [0.15, 0.2) is 0 Å². The van der Waals surface area contributed by atoms with Crippen molar-refractivity contribution in [2.24, 2.45) is 0 Å². The van der Waals surface area contributed by atoms with Gasteiger partial charge in [-0.3, -0.25) is 29.3 Å². The average molecular weight is 284 g/mol. The van der Waals surface area contributed by atoms with Crippen LogP contribution in [-0.2, 0) is 11.3 Å². The molecule has 1 atom stereocenters. The van der Waals surface area contributed by atoms with Gasteiger partial charge in [0.05, 0.1) is 11.1 Å². The SMILES string of the molecule is CCCC(C)NC(=O)Cn1cc([N+](=O)[O-])c(=O)[nH]c1=O. The Morgan fingerprint density at radius 1 is 1.55 bits per heavy atom. The Labute approximate surface area is 113 Å². The van der Waals surface area contributed by atoms with Gasteiger partial charge in [0.25, 0.3) is 0 Å². The molecular formula is C11H16N4O5. The van der Waals surface area contributed by atoms with E-state index in [4.69, 9.17) is 0 Å². The van der Waals surface area contributed by atoms with E-state index in [-0.39, 0.29) is 12.6 Å². The third-order valence-corrected chi connectivity index (χ3v) is 2.63. The highest BCUT2D eigenvalue weighted by atomic mass is 16.6. The minimum absolute atomic E-state index is 0.0547. The monoisotopic (exact) mass is 284 g/mol. The number of nitrogens with one attached hydrogen (secondary N) is 2. The van der Waals surface area contributed by atoms with Crippen LogP contribution in [0.15, 0.2) is 15.8 Å². The van der Waals surface area contributed by atoms with Gasteiger partial charge in [-0.2, -0.15) is 0 Å². The number of carbonyl (C=O) groups excluding carboxylic acids is 1. The zero-order valence-electron chi connectivity index (χ0n) is 11.2. The second kappa shape index (κ2) is 6.64. The largest absolute Gasteiger partial charge is 0.352 e. The fourth-order valence-electron chi connectivity index (χ4n) is 1.73. The molecule has 1 aromatic heterocycles. The third-order valence-electron chi connectivity index (χ3n) is 2.63. The van der Waals surface area contributed by atoms with Crippen LogP contribution >= 0.6 is 0 Å². The molecule has 0 bridgehead atoms. The molecule has 0 aliphatic carbocycles. The number of rotatable bonds is 6. The topological polar surface area (TPSA) is 127 Å². The van der Waals surface area contributed by atoms with Gasteiger partial charge in [0.2, 0.25) is 5.91 Å². The molecule has 110 valence electrons. The summed E-state index contributed by atoms with van der Waals surface area (Å²) in [6.45, 7) is 3.41. The van der Waals surface area contributed by atoms with E-state index in [2.05, 4.69) is 5.32 Å². The van der Waals surface area contributed by atoms with Gasteiger partial charge >= 0.3 is 16.9 Å². The third kappa shape index (κ3) is 4.04. The maximum absolute atomic E-state index is 11.7. The molecule has 9 nitrogen and oxygen atoms in total. The first-order valence-corrected chi connectivity index (χ1v) is 6.12. The van der Waals surface area contributed by atoms with Crippen LogP contribution in [0.2, 0.25) is 0 Å². The van der Waals surface area contributed by atoms with Crippen LogP contribution in [0.3, 0.4) is 0 Å². The highest BCUT2D eigenvalue weighted by Crippen LogP contribution is 1.99. The fraction of sp³-hybridized carbons (Fsp3) is 0.545. The van der Waals surface area contributed by atoms with Crippen LogP contribution in [0.5, 0.6) is 0 Å². The summed E-state index contributed by atoms with van der Waals surface area (Å²) in [7, 11) is 0. The normalized spacial score (nSPS) is 11.9. The van der Waals surface area contributed by atoms with E-state index in [0.29, 0.717) is 0 Å². The van der Waals surface area contributed by atoms with Crippen molar-refractivity contribution >= 4 is 11.6 Å². The number of hydrogen-bond acceptors (Lipinski definition) is 5. The van der Waals surface area contributed by atoms with Crippen molar-refractivity contribution in [1.29, 1.82) is 0 Å². The van der Waals surface area contributed by atoms with E-state index in [1.165, 1.54) is 0 Å². The number of carbonyl (C=O) groups is 1. The predicted molar refractivity (Wildman–Crippen MR) is 70.5 cm³/mol. The van der Waals surface area contributed by atoms with E-state index >= 15 is 0 Å². The number of H-pyrrole nitrogens is 1. The summed E-state index contributed by atoms with van der Waals surface area (Å²) in [6.07, 6.45) is 2.45. The Bertz CT molecular complexity index is 618. The molecule has 1 aromatic rings. The zero-order chi connectivity index (χ0) is 15.3. The second-order valence-electron chi connectivity index (χ2n) is 4.42. The Hall–Kier alpha value is -2.45. The second-order valence-corrected chi connectivity index (χ2v) is 4.42. The summed E-state index contributed by atoms with van der Waals surface area (Å²) in [5.74, 6) is -0.450. The number of aromatic amines is 1. The molecule has 20 heavy (non-hydrogen) atoms. The van der Waals surface area contributed by atoms with Crippen molar-refractivity contribution in [3.8, 4) is 0 Å². The standard InChI is InChI=1S/C11H16N4O5/c1-3-4-7(2)12-9(16)6-14-5-8(15(19)20)10(17)13-11(14)18/h5,7H,3-4,6H2,1-2H3,(H,12,16)(H,13,17,18). The lowest BCUT2D eigenvalue weighted by Crippen LogP contribution is -2.39. The Morgan fingerprint density at radius 2 is 2.20 bits per heavy atom. The first-order chi connectivity index (χ1) is 9.35. The van der Waals surface area contributed by atoms with Gasteiger partial charge < -0.3 is 5.32 Å². The molecule has 0 aliphatic heterocycles. The highest BCUT2D eigenvalue weighted by Gasteiger charge is 2.16. The molecule has 0 saturated carbocycles. The number of nitrogens with zero attached hydrogens (tertiary/aromatic N) is 2. The van der Waals surface area contributed by atoms with Gasteiger partial charge in [0.1, 0.15) is 6.54 Å². The Balaban J connectivity index is 2.90. The summed E-state index contributed by atoms with van der Waals surface area (Å²) in [5, 5.41) is 13.3. The molecule has 0 spiro atoms. The summed E-state index contributed by atoms with van der Waals surface area (Å²) in [4.78, 5) is 45.8. The van der Waals surface area contributed by atoms with Crippen LogP contribution < -0.4 is 16.6 Å². The van der Waals surface area contributed by atoms with Crippen LogP contribution in [-0.4, -0.2) is 26.4 Å². The lowest BCUT2D eigenvalue weighted by atomic mass is 10.2. The predicted octanol–water partition coefficient (Wildman–Crippen LogP) is -0.250. The molecule has 0 fully saturated rings. The molecule has 2 N–H and O–H groups in total. The van der Waals surface area contributed by atoms with Crippen molar-refractivity contribution in [3.63, 3.8) is 0 Å². The first kappa shape index (κ1) is 15.6. The molecular weight excluding hydrogens is 268 g/mol. The van der Waals surface area contributed by atoms with Crippen LogP contribution in [0.4, 0.5) is 5.69 Å². The molecule has 0 aromatic carbocycles. The van der Waals surface area contributed by atoms with E-state index in [1.54, 1.807) is 4.98 Å². The first-order valence-electron chi connectivity index (χ1n) is 6.12. The summed E-state index contributed by atoms with van der Waals surface area (Å²) in [5.41, 5.74) is -2.73. The highest BCUT2D eigenvalue weighted by molar-refractivity contribution is 5.76. The molecule has 0 saturated heterocycles. The van der Waals surface area contributed by atoms with E-state index in [1.807, 2.05) is 13.8 Å². The van der Waals surface area contributed by atoms with Gasteiger partial charge in [0, 0.05) is 6.04 Å². The zero-order valence-corrected chi connectivity index (χ0v) is 11.2. The lowest BCUT2D eigenvalue weighted by molar-refractivity contribution is -0.386. The Kier molecular flexibility index (Phi) is 5.18. The molecule has 0 aliphatic rings. The van der Waals surface area contributed by atoms with Crippen molar-refractivity contribution in [3.05, 3.63) is 37.1 Å². The fourth-order valence-corrected chi connectivity index (χ4v) is 1.73. The van der Waals surface area contributed by atoms with E-state index < -0.39 is 27.8 Å². The maximum Gasteiger partial charge on any atom is 0.350 e. The molecule has 0 radical (unpaired) electrons. The van der Waals surface area contributed by atoms with Gasteiger partial charge in [-0.15, -0.1) is 0 Å². The average Bonchev–Trinajstić information content (AvgIpc) is 2.32. The Morgan fingerprint density at radius 3 is 2.75 bits per heavy atom. The summed E-state index contributed by atoms with van der Waals surface area (Å²) >= 11 is 0. The van der Waals surface area contributed by atoms with Crippen LogP contribution in [0, 0.1) is 10.1 Å². The van der Waals surface area contributed by atoms with Crippen molar-refractivity contribution < 1.29 is 9.72 Å². The summed E-state index contributed by atoms with van der Waals surface area (Å²) < 4.78 is 0.799. The molecule has 1 unspecified atom stereocenters. The van der Waals surface area contributed by atoms with Crippen molar-refractivity contribution in [1.82, 2.24) is 14.9 Å². The number of nitro groups is 1. The van der Waals surface area contributed by atoms with E-state index in [0.717, 1.165) is 23.6 Å². The minimum Gasteiger partial charge on any atom is -0.352 e. The quantitative estimate of drug-likeness (QED) is 0.550. The molecule has 1 amide bonds. The van der Waals surface area contributed by atoms with Crippen molar-refractivity contribution in [2.75, 3.05) is 0 Å². The van der Waals surface area contributed by atoms with Crippen LogP contribution in [0.25, 0.3) is 0 Å². The van der Waals surface area contributed by atoms with Crippen LogP contribution in [0.1, 0.15) is 26.7 Å².